The van der Waals surface area contributed by atoms with Crippen LogP contribution in [0, 0.1) is 30.7 Å². The first-order valence-electron chi connectivity index (χ1n) is 15.3. The summed E-state index contributed by atoms with van der Waals surface area (Å²) in [4.78, 5) is 5.54. The standard InChI is InChI=1S/C31H45NP.C4H11Si.Fe/c1-19(2)25-11-9-12-26(20(3)4)30(25)28-13-10-14-29(32-28)31(33(21(5)6)22(7)8)27-18-23-15-16-24(27)17-23;1-5(2,3)4;/h9-14,18-24,27,31H,15-17H2,1-8H3;1H2,2-4H3;/q2*-1;+2/t23-,24+,27+,31?;;/m0../s1. The summed E-state index contributed by atoms with van der Waals surface area (Å²) in [6.45, 7) is 29.7. The zero-order valence-corrected chi connectivity index (χ0v) is 29.7. The van der Waals surface area contributed by atoms with Gasteiger partial charge in [-0.2, -0.15) is 11.8 Å². The van der Waals surface area contributed by atoms with Gasteiger partial charge in [-0.3, -0.25) is 4.98 Å². The van der Waals surface area contributed by atoms with E-state index in [0.29, 0.717) is 23.4 Å². The van der Waals surface area contributed by atoms with E-state index in [4.69, 9.17) is 4.98 Å². The molecule has 4 heteroatoms. The number of nitrogens with zero attached hydrogens (tertiary/aromatic N) is 1. The van der Waals surface area contributed by atoms with Crippen molar-refractivity contribution < 1.29 is 17.1 Å². The van der Waals surface area contributed by atoms with Gasteiger partial charge in [0.1, 0.15) is 0 Å². The number of hydrogen-bond acceptors (Lipinski definition) is 1. The number of aromatic nitrogens is 1. The third kappa shape index (κ3) is 9.01. The molecule has 1 unspecified atom stereocenters. The minimum Gasteiger partial charge on any atom is -0.342 e. The molecule has 218 valence electrons. The predicted octanol–water partition coefficient (Wildman–Crippen LogP) is 11.3. The molecular weight excluding hydrogens is 549 g/mol. The van der Waals surface area contributed by atoms with Gasteiger partial charge in [0.2, 0.25) is 0 Å². The van der Waals surface area contributed by atoms with Crippen LogP contribution in [0.1, 0.15) is 109 Å². The molecule has 0 saturated heterocycles. The van der Waals surface area contributed by atoms with Crippen molar-refractivity contribution in [3.8, 4) is 11.3 Å². The van der Waals surface area contributed by atoms with Crippen molar-refractivity contribution in [2.45, 2.75) is 123 Å². The first-order valence-corrected chi connectivity index (χ1v) is 20.5. The number of pyridine rings is 1. The van der Waals surface area contributed by atoms with E-state index in [-0.39, 0.29) is 25.0 Å². The van der Waals surface area contributed by atoms with Crippen molar-refractivity contribution >= 4 is 16.0 Å². The van der Waals surface area contributed by atoms with E-state index in [1.54, 1.807) is 0 Å². The van der Waals surface area contributed by atoms with Crippen LogP contribution >= 0.6 is 7.92 Å². The van der Waals surface area contributed by atoms with Crippen LogP contribution in [0.2, 0.25) is 19.6 Å². The summed E-state index contributed by atoms with van der Waals surface area (Å²) >= 11 is 0. The Morgan fingerprint density at radius 3 is 1.77 bits per heavy atom. The topological polar surface area (TPSA) is 12.9 Å². The molecule has 0 amide bonds. The fourth-order valence-corrected chi connectivity index (χ4v) is 10.5. The first kappa shape index (κ1) is 34.7. The summed E-state index contributed by atoms with van der Waals surface area (Å²) < 4.78 is 0. The summed E-state index contributed by atoms with van der Waals surface area (Å²) in [5, 5.41) is 0. The van der Waals surface area contributed by atoms with E-state index in [9.17, 15) is 0 Å². The van der Waals surface area contributed by atoms with Crippen molar-refractivity contribution in [3.63, 3.8) is 0 Å². The first-order chi connectivity index (χ1) is 17.7. The van der Waals surface area contributed by atoms with Gasteiger partial charge in [0.15, 0.2) is 0 Å². The Balaban J connectivity index is 0.000000816. The number of fused-ring (bicyclic) bond motifs is 2. The number of benzene rings is 1. The van der Waals surface area contributed by atoms with Crippen LogP contribution in [0.4, 0.5) is 0 Å². The molecule has 0 N–H and O–H groups in total. The minimum atomic E-state index is -0.861. The second-order valence-electron chi connectivity index (χ2n) is 14.3. The largest absolute Gasteiger partial charge is 2.00 e. The number of rotatable bonds is 8. The molecule has 2 aromatic rings. The Labute approximate surface area is 255 Å². The molecule has 1 nitrogen and oxygen atoms in total. The maximum atomic E-state index is 5.54. The van der Waals surface area contributed by atoms with Gasteiger partial charge in [-0.15, -0.1) is 8.07 Å². The third-order valence-corrected chi connectivity index (χ3v) is 11.8. The van der Waals surface area contributed by atoms with Gasteiger partial charge in [0, 0.05) is 11.3 Å². The molecule has 2 aliphatic rings. The SMILES string of the molecule is CC(C)c1cccc(C(C)C)c1-c1cccc(C([C@@H]2[CH-][C@H]3CC[C@@H]2C3)P(C(C)C)C(C)C)n1.[CH2-][Si](C)(C)C.[Fe+2]. The van der Waals surface area contributed by atoms with E-state index in [1.807, 2.05) is 0 Å². The molecule has 2 fully saturated rings. The molecule has 0 radical (unpaired) electrons. The van der Waals surface area contributed by atoms with Gasteiger partial charge in [0.05, 0.1) is 5.69 Å². The zero-order valence-electron chi connectivity index (χ0n) is 26.7. The minimum absolute atomic E-state index is 0. The molecular formula is C35H56FeNPSi. The molecule has 0 spiro atoms. The average Bonchev–Trinajstić information content (AvgIpc) is 3.44. The van der Waals surface area contributed by atoms with E-state index in [0.717, 1.165) is 23.2 Å². The van der Waals surface area contributed by atoms with Crippen LogP contribution in [-0.4, -0.2) is 24.4 Å². The second kappa shape index (κ2) is 14.6. The maximum Gasteiger partial charge on any atom is 2.00 e. The smallest absolute Gasteiger partial charge is 0.342 e. The van der Waals surface area contributed by atoms with Gasteiger partial charge >= 0.3 is 17.1 Å². The van der Waals surface area contributed by atoms with Crippen molar-refractivity contribution in [1.82, 2.24) is 4.98 Å². The van der Waals surface area contributed by atoms with E-state index in [2.05, 4.69) is 124 Å². The Hall–Kier alpha value is -0.464. The predicted molar refractivity (Wildman–Crippen MR) is 175 cm³/mol. The van der Waals surface area contributed by atoms with Gasteiger partial charge in [0.25, 0.3) is 0 Å². The molecule has 39 heavy (non-hydrogen) atoms. The Morgan fingerprint density at radius 2 is 1.36 bits per heavy atom. The van der Waals surface area contributed by atoms with Crippen LogP contribution in [0.15, 0.2) is 36.4 Å². The third-order valence-electron chi connectivity index (χ3n) is 8.13. The maximum absolute atomic E-state index is 5.54. The summed E-state index contributed by atoms with van der Waals surface area (Å²) in [5.74, 6) is 3.43. The van der Waals surface area contributed by atoms with Crippen molar-refractivity contribution in [3.05, 3.63) is 66.2 Å². The Kier molecular flexibility index (Phi) is 13.0. The Morgan fingerprint density at radius 1 is 0.846 bits per heavy atom. The van der Waals surface area contributed by atoms with Crippen molar-refractivity contribution in [1.29, 1.82) is 0 Å². The quantitative estimate of drug-likeness (QED) is 0.166. The van der Waals surface area contributed by atoms with Gasteiger partial charge in [-0.1, -0.05) is 132 Å². The Bertz CT molecular complexity index is 1000. The van der Waals surface area contributed by atoms with E-state index >= 15 is 0 Å². The second-order valence-corrected chi connectivity index (χ2v) is 22.9. The van der Waals surface area contributed by atoms with Crippen LogP contribution < -0.4 is 0 Å². The monoisotopic (exact) mass is 605 g/mol. The molecule has 4 rings (SSSR count). The summed E-state index contributed by atoms with van der Waals surface area (Å²) in [5.41, 5.74) is 8.84. The van der Waals surface area contributed by atoms with Crippen LogP contribution in [0.5, 0.6) is 0 Å². The van der Waals surface area contributed by atoms with Gasteiger partial charge < -0.3 is 13.0 Å². The van der Waals surface area contributed by atoms with Crippen LogP contribution in [0.3, 0.4) is 0 Å². The molecule has 2 aliphatic carbocycles. The van der Waals surface area contributed by atoms with Gasteiger partial charge in [-0.05, 0) is 52.1 Å². The summed E-state index contributed by atoms with van der Waals surface area (Å²) in [6.07, 6.45) is 7.03. The van der Waals surface area contributed by atoms with Crippen molar-refractivity contribution in [2.24, 2.45) is 17.8 Å². The summed E-state index contributed by atoms with van der Waals surface area (Å²) in [7, 11) is -1.02. The molecule has 2 bridgehead atoms. The number of hydrogen-bond donors (Lipinski definition) is 0. The molecule has 1 aromatic carbocycles. The van der Waals surface area contributed by atoms with Gasteiger partial charge in [-0.25, -0.2) is 0 Å². The van der Waals surface area contributed by atoms with Crippen molar-refractivity contribution in [2.75, 3.05) is 0 Å². The fraction of sp³-hybridized carbons (Fsp3) is 0.629. The summed E-state index contributed by atoms with van der Waals surface area (Å²) in [6, 6.07) is 13.8. The van der Waals surface area contributed by atoms with E-state index in [1.165, 1.54) is 47.3 Å². The van der Waals surface area contributed by atoms with E-state index < -0.39 is 8.07 Å². The molecule has 1 heterocycles. The molecule has 2 saturated carbocycles. The molecule has 0 aliphatic heterocycles. The normalized spacial score (nSPS) is 21.5. The molecule has 1 aromatic heterocycles. The van der Waals surface area contributed by atoms with Crippen LogP contribution in [0.25, 0.3) is 11.3 Å². The average molecular weight is 606 g/mol. The molecule has 4 atom stereocenters. The zero-order chi connectivity index (χ0) is 28.4. The van der Waals surface area contributed by atoms with Crippen LogP contribution in [-0.2, 0) is 17.1 Å². The fourth-order valence-electron chi connectivity index (χ4n) is 6.80.